The van der Waals surface area contributed by atoms with E-state index in [1.165, 1.54) is 0 Å². The quantitative estimate of drug-likeness (QED) is 0.505. The second kappa shape index (κ2) is 6.36. The fourth-order valence-corrected chi connectivity index (χ4v) is 1.92. The van der Waals surface area contributed by atoms with Crippen LogP contribution < -0.4 is 0 Å². The summed E-state index contributed by atoms with van der Waals surface area (Å²) in [6.07, 6.45) is 0. The molecule has 0 aromatic heterocycles. The van der Waals surface area contributed by atoms with Crippen LogP contribution >= 0.6 is 0 Å². The zero-order valence-corrected chi connectivity index (χ0v) is 11.2. The van der Waals surface area contributed by atoms with Crippen molar-refractivity contribution in [2.45, 2.75) is 27.1 Å². The minimum Gasteiger partial charge on any atom is -0.507 e. The number of phenols is 1. The molecule has 2 aromatic carbocycles. The summed E-state index contributed by atoms with van der Waals surface area (Å²) in [6.45, 7) is 4.54. The molecule has 3 heteroatoms. The van der Waals surface area contributed by atoms with Crippen molar-refractivity contribution in [1.29, 1.82) is 0 Å². The van der Waals surface area contributed by atoms with Gasteiger partial charge in [-0.05, 0) is 48.2 Å². The Morgan fingerprint density at radius 1 is 0.842 bits per heavy atom. The Morgan fingerprint density at radius 2 is 1.37 bits per heavy atom. The molecular weight excluding hydrogens is 240 g/mol. The molecule has 0 aliphatic carbocycles. The first-order valence-corrected chi connectivity index (χ1v) is 6.24. The van der Waals surface area contributed by atoms with Crippen molar-refractivity contribution >= 4 is 0 Å². The minimum atomic E-state index is 0.342. The number of phenolic OH excluding ortho intramolecular Hbond substituents is 1. The lowest BCUT2D eigenvalue weighted by Gasteiger charge is -2.08. The second-order valence-corrected chi connectivity index (χ2v) is 4.59. The molecule has 3 nitrogen and oxygen atoms in total. The van der Waals surface area contributed by atoms with Crippen LogP contribution in [0.15, 0.2) is 42.5 Å². The lowest BCUT2D eigenvalue weighted by molar-refractivity contribution is -0.313. The summed E-state index contributed by atoms with van der Waals surface area (Å²) in [5.41, 5.74) is 3.75. The van der Waals surface area contributed by atoms with Gasteiger partial charge in [0.05, 0.1) is 0 Å². The molecule has 0 aliphatic heterocycles. The molecule has 2 aromatic rings. The zero-order valence-electron chi connectivity index (χ0n) is 11.2. The Morgan fingerprint density at radius 3 is 1.95 bits per heavy atom. The summed E-state index contributed by atoms with van der Waals surface area (Å²) < 4.78 is 0. The standard InChI is InChI=1S/C16H18O3/c1-12-8-15(9-13(2)16(12)17)11-19-18-10-14-6-4-3-5-7-14/h3-9,17H,10-11H2,1-2H3. The van der Waals surface area contributed by atoms with Gasteiger partial charge in [-0.15, -0.1) is 0 Å². The van der Waals surface area contributed by atoms with Crippen LogP contribution in [0.2, 0.25) is 0 Å². The van der Waals surface area contributed by atoms with E-state index in [0.29, 0.717) is 19.0 Å². The monoisotopic (exact) mass is 258 g/mol. The third-order valence-corrected chi connectivity index (χ3v) is 2.93. The van der Waals surface area contributed by atoms with E-state index in [-0.39, 0.29) is 0 Å². The molecule has 100 valence electrons. The van der Waals surface area contributed by atoms with Crippen LogP contribution in [0.4, 0.5) is 0 Å². The van der Waals surface area contributed by atoms with Gasteiger partial charge in [0.2, 0.25) is 0 Å². The maximum absolute atomic E-state index is 9.68. The van der Waals surface area contributed by atoms with Crippen LogP contribution in [0.5, 0.6) is 5.75 Å². The van der Waals surface area contributed by atoms with Crippen molar-refractivity contribution in [2.24, 2.45) is 0 Å². The molecule has 0 atom stereocenters. The normalized spacial score (nSPS) is 10.6. The molecule has 2 rings (SSSR count). The Labute approximate surface area is 113 Å². The molecular formula is C16H18O3. The highest BCUT2D eigenvalue weighted by molar-refractivity contribution is 5.41. The van der Waals surface area contributed by atoms with Crippen molar-refractivity contribution in [1.82, 2.24) is 0 Å². The van der Waals surface area contributed by atoms with Crippen LogP contribution in [0, 0.1) is 13.8 Å². The van der Waals surface area contributed by atoms with Gasteiger partial charge in [0.15, 0.2) is 0 Å². The number of benzene rings is 2. The van der Waals surface area contributed by atoms with Crippen LogP contribution in [-0.2, 0) is 23.0 Å². The molecule has 19 heavy (non-hydrogen) atoms. The van der Waals surface area contributed by atoms with E-state index in [2.05, 4.69) is 0 Å². The van der Waals surface area contributed by atoms with E-state index in [9.17, 15) is 5.11 Å². The Kier molecular flexibility index (Phi) is 4.55. The van der Waals surface area contributed by atoms with Crippen molar-refractivity contribution < 1.29 is 14.9 Å². The smallest absolute Gasteiger partial charge is 0.121 e. The zero-order chi connectivity index (χ0) is 13.7. The summed E-state index contributed by atoms with van der Waals surface area (Å²) in [6, 6.07) is 13.7. The number of hydrogen-bond acceptors (Lipinski definition) is 3. The van der Waals surface area contributed by atoms with Gasteiger partial charge < -0.3 is 5.11 Å². The van der Waals surface area contributed by atoms with Crippen molar-refractivity contribution in [3.05, 3.63) is 64.7 Å². The van der Waals surface area contributed by atoms with E-state index >= 15 is 0 Å². The molecule has 0 amide bonds. The van der Waals surface area contributed by atoms with Gasteiger partial charge in [0, 0.05) is 0 Å². The van der Waals surface area contributed by atoms with Crippen LogP contribution in [-0.4, -0.2) is 5.11 Å². The van der Waals surface area contributed by atoms with E-state index in [1.807, 2.05) is 56.3 Å². The van der Waals surface area contributed by atoms with E-state index in [1.54, 1.807) is 0 Å². The average molecular weight is 258 g/mol. The van der Waals surface area contributed by atoms with Crippen LogP contribution in [0.1, 0.15) is 22.3 Å². The first-order chi connectivity index (χ1) is 9.16. The molecule has 0 heterocycles. The Hall–Kier alpha value is -1.84. The van der Waals surface area contributed by atoms with E-state index in [0.717, 1.165) is 22.3 Å². The van der Waals surface area contributed by atoms with Crippen molar-refractivity contribution in [3.8, 4) is 5.75 Å². The molecule has 0 saturated heterocycles. The predicted octanol–water partition coefficient (Wildman–Crippen LogP) is 3.66. The van der Waals surface area contributed by atoms with Gasteiger partial charge in [-0.3, -0.25) is 0 Å². The SMILES string of the molecule is Cc1cc(COOCc2ccccc2)cc(C)c1O. The summed E-state index contributed by atoms with van der Waals surface area (Å²) in [5.74, 6) is 0.342. The predicted molar refractivity (Wildman–Crippen MR) is 73.6 cm³/mol. The van der Waals surface area contributed by atoms with Crippen LogP contribution in [0.3, 0.4) is 0 Å². The van der Waals surface area contributed by atoms with Crippen molar-refractivity contribution in [3.63, 3.8) is 0 Å². The molecule has 0 spiro atoms. The fourth-order valence-electron chi connectivity index (χ4n) is 1.92. The first kappa shape index (κ1) is 13.6. The van der Waals surface area contributed by atoms with Gasteiger partial charge in [0.1, 0.15) is 19.0 Å². The highest BCUT2D eigenvalue weighted by Gasteiger charge is 2.03. The third kappa shape index (κ3) is 3.81. The fraction of sp³-hybridized carbons (Fsp3) is 0.250. The summed E-state index contributed by atoms with van der Waals surface area (Å²) in [5, 5.41) is 9.68. The summed E-state index contributed by atoms with van der Waals surface area (Å²) in [4.78, 5) is 10.4. The van der Waals surface area contributed by atoms with E-state index in [4.69, 9.17) is 9.78 Å². The second-order valence-electron chi connectivity index (χ2n) is 4.59. The molecule has 0 aliphatic rings. The van der Waals surface area contributed by atoms with Crippen LogP contribution in [0.25, 0.3) is 0 Å². The number of rotatable bonds is 5. The number of aryl methyl sites for hydroxylation is 2. The average Bonchev–Trinajstić information content (AvgIpc) is 2.42. The lowest BCUT2D eigenvalue weighted by Crippen LogP contribution is -1.97. The van der Waals surface area contributed by atoms with Gasteiger partial charge in [-0.25, -0.2) is 9.78 Å². The van der Waals surface area contributed by atoms with Crippen molar-refractivity contribution in [2.75, 3.05) is 0 Å². The van der Waals surface area contributed by atoms with Gasteiger partial charge >= 0.3 is 0 Å². The van der Waals surface area contributed by atoms with E-state index < -0.39 is 0 Å². The lowest BCUT2D eigenvalue weighted by atomic mass is 10.1. The van der Waals surface area contributed by atoms with Gasteiger partial charge in [-0.1, -0.05) is 30.3 Å². The first-order valence-electron chi connectivity index (χ1n) is 6.24. The minimum absolute atomic E-state index is 0.342. The molecule has 0 saturated carbocycles. The Bertz CT molecular complexity index is 512. The highest BCUT2D eigenvalue weighted by atomic mass is 17.2. The molecule has 0 unspecified atom stereocenters. The molecule has 0 radical (unpaired) electrons. The highest BCUT2D eigenvalue weighted by Crippen LogP contribution is 2.23. The summed E-state index contributed by atoms with van der Waals surface area (Å²) >= 11 is 0. The summed E-state index contributed by atoms with van der Waals surface area (Å²) in [7, 11) is 0. The topological polar surface area (TPSA) is 38.7 Å². The maximum atomic E-state index is 9.68. The number of aromatic hydroxyl groups is 1. The van der Waals surface area contributed by atoms with Gasteiger partial charge in [-0.2, -0.15) is 0 Å². The number of hydrogen-bond donors (Lipinski definition) is 1. The molecule has 0 fully saturated rings. The molecule has 0 bridgehead atoms. The Balaban J connectivity index is 1.83. The maximum Gasteiger partial charge on any atom is 0.121 e. The molecule has 1 N–H and O–H groups in total. The largest absolute Gasteiger partial charge is 0.507 e. The third-order valence-electron chi connectivity index (χ3n) is 2.93. The van der Waals surface area contributed by atoms with Gasteiger partial charge in [0.25, 0.3) is 0 Å².